The molecule has 0 radical (unpaired) electrons. The molecule has 0 bridgehead atoms. The van der Waals surface area contributed by atoms with Crippen LogP contribution >= 0.6 is 62.6 Å². The number of nitrogens with zero attached hydrogens (tertiary/aromatic N) is 3. The van der Waals surface area contributed by atoms with Crippen LogP contribution in [-0.2, 0) is 19.5 Å². The van der Waals surface area contributed by atoms with E-state index in [0.717, 1.165) is 28.4 Å². The molecule has 0 aromatic carbocycles. The summed E-state index contributed by atoms with van der Waals surface area (Å²) in [5.74, 6) is 0.880. The molecule has 2 aromatic rings. The number of nitrogens with one attached hydrogen (secondary N) is 1. The number of halogens is 2. The van der Waals surface area contributed by atoms with E-state index in [0.29, 0.717) is 6.54 Å². The van der Waals surface area contributed by atoms with Crippen LogP contribution in [0.15, 0.2) is 26.3 Å². The fourth-order valence-corrected chi connectivity index (χ4v) is 4.17. The van der Waals surface area contributed by atoms with Crippen LogP contribution in [0.3, 0.4) is 0 Å². The monoisotopic (exact) mass is 514 g/mol. The summed E-state index contributed by atoms with van der Waals surface area (Å²) in [6, 6.07) is 4.21. The Balaban J connectivity index is 0.00000242. The van der Waals surface area contributed by atoms with Crippen LogP contribution in [0.4, 0.5) is 0 Å². The zero-order valence-electron chi connectivity index (χ0n) is 12.8. The fourth-order valence-electron chi connectivity index (χ4n) is 1.89. The number of aromatic nitrogens is 1. The molecule has 0 amide bonds. The maximum Gasteiger partial charge on any atom is 0.194 e. The second-order valence-corrected chi connectivity index (χ2v) is 8.04. The second-order valence-electron chi connectivity index (χ2n) is 4.55. The van der Waals surface area contributed by atoms with Crippen molar-refractivity contribution >= 4 is 68.5 Å². The van der Waals surface area contributed by atoms with E-state index in [1.165, 1.54) is 9.88 Å². The predicted molar refractivity (Wildman–Crippen MR) is 111 cm³/mol. The van der Waals surface area contributed by atoms with E-state index in [1.54, 1.807) is 22.7 Å². The summed E-state index contributed by atoms with van der Waals surface area (Å²) < 4.78 is 1.16. The first-order valence-electron chi connectivity index (χ1n) is 6.71. The number of rotatable bonds is 5. The number of thiazole rings is 1. The molecule has 0 aliphatic heterocycles. The fraction of sp³-hybridized carbons (Fsp3) is 0.429. The lowest BCUT2D eigenvalue weighted by Crippen LogP contribution is -2.37. The number of aliphatic imine (C=N–C) groups is 1. The van der Waals surface area contributed by atoms with Crippen LogP contribution < -0.4 is 5.32 Å². The van der Waals surface area contributed by atoms with Crippen LogP contribution in [0.5, 0.6) is 0 Å². The van der Waals surface area contributed by atoms with Crippen LogP contribution in [0, 0.1) is 0 Å². The normalized spacial score (nSPS) is 11.2. The Morgan fingerprint density at radius 2 is 2.23 bits per heavy atom. The summed E-state index contributed by atoms with van der Waals surface area (Å²) in [6.07, 6.45) is 0.993. The van der Waals surface area contributed by atoms with Gasteiger partial charge in [0, 0.05) is 24.4 Å². The lowest BCUT2D eigenvalue weighted by atomic mass is 10.4. The molecule has 8 heteroatoms. The first kappa shape index (κ1) is 19.9. The number of aryl methyl sites for hydroxylation is 1. The molecule has 1 N–H and O–H groups in total. The van der Waals surface area contributed by atoms with Gasteiger partial charge in [-0.3, -0.25) is 4.99 Å². The number of hydrogen-bond donors (Lipinski definition) is 1. The molecular formula is C14H20BrIN4S2. The van der Waals surface area contributed by atoms with Gasteiger partial charge in [0.1, 0.15) is 0 Å². The average molecular weight is 515 g/mol. The highest BCUT2D eigenvalue weighted by Gasteiger charge is 2.09. The Bertz CT molecular complexity index is 612. The molecule has 22 heavy (non-hydrogen) atoms. The van der Waals surface area contributed by atoms with E-state index in [4.69, 9.17) is 0 Å². The maximum atomic E-state index is 4.56. The van der Waals surface area contributed by atoms with E-state index in [1.807, 2.05) is 14.1 Å². The minimum absolute atomic E-state index is 0. The molecule has 0 aliphatic rings. The Labute approximate surface area is 165 Å². The van der Waals surface area contributed by atoms with Gasteiger partial charge in [0.05, 0.1) is 27.6 Å². The van der Waals surface area contributed by atoms with Gasteiger partial charge in [-0.1, -0.05) is 6.92 Å². The van der Waals surface area contributed by atoms with Crippen LogP contribution in [0.25, 0.3) is 0 Å². The van der Waals surface area contributed by atoms with E-state index >= 15 is 0 Å². The van der Waals surface area contributed by atoms with Crippen molar-refractivity contribution in [2.24, 2.45) is 4.99 Å². The lowest BCUT2D eigenvalue weighted by molar-refractivity contribution is 0.480. The van der Waals surface area contributed by atoms with Gasteiger partial charge in [0.2, 0.25) is 0 Å². The Hall–Kier alpha value is -0.190. The average Bonchev–Trinajstić information content (AvgIpc) is 3.08. The van der Waals surface area contributed by atoms with E-state index < -0.39 is 0 Å². The standard InChI is InChI=1S/C14H19BrN4S2.HI/c1-4-13-18-10(9-20-13)7-17-14(16-2)19(3)8-11-5-6-12(15)21-11;/h5-6,9H,4,7-8H2,1-3H3,(H,16,17);1H. The second kappa shape index (κ2) is 9.84. The van der Waals surface area contributed by atoms with Crippen molar-refractivity contribution in [1.29, 1.82) is 0 Å². The zero-order valence-corrected chi connectivity index (χ0v) is 18.3. The predicted octanol–water partition coefficient (Wildman–Crippen LogP) is 4.35. The summed E-state index contributed by atoms with van der Waals surface area (Å²) in [7, 11) is 3.85. The summed E-state index contributed by atoms with van der Waals surface area (Å²) in [6.45, 7) is 3.68. The summed E-state index contributed by atoms with van der Waals surface area (Å²) in [5.41, 5.74) is 1.07. The van der Waals surface area contributed by atoms with E-state index in [9.17, 15) is 0 Å². The van der Waals surface area contributed by atoms with Crippen LogP contribution in [-0.4, -0.2) is 29.9 Å². The zero-order chi connectivity index (χ0) is 15.2. The van der Waals surface area contributed by atoms with Gasteiger partial charge in [0.15, 0.2) is 5.96 Å². The third-order valence-corrected chi connectivity index (χ3v) is 5.57. The van der Waals surface area contributed by atoms with E-state index in [-0.39, 0.29) is 24.0 Å². The maximum absolute atomic E-state index is 4.56. The van der Waals surface area contributed by atoms with Crippen molar-refractivity contribution in [1.82, 2.24) is 15.2 Å². The first-order chi connectivity index (χ1) is 10.1. The molecule has 2 aromatic heterocycles. The summed E-state index contributed by atoms with van der Waals surface area (Å²) in [5, 5.41) is 6.65. The molecule has 122 valence electrons. The van der Waals surface area contributed by atoms with Gasteiger partial charge < -0.3 is 10.2 Å². The largest absolute Gasteiger partial charge is 0.351 e. The highest BCUT2D eigenvalue weighted by molar-refractivity contribution is 14.0. The number of guanidine groups is 1. The molecule has 0 fully saturated rings. The Kier molecular flexibility index (Phi) is 8.88. The van der Waals surface area contributed by atoms with Crippen molar-refractivity contribution in [2.45, 2.75) is 26.4 Å². The van der Waals surface area contributed by atoms with Crippen molar-refractivity contribution in [3.05, 3.63) is 36.9 Å². The van der Waals surface area contributed by atoms with E-state index in [2.05, 4.69) is 60.6 Å². The van der Waals surface area contributed by atoms with Gasteiger partial charge in [-0.25, -0.2) is 4.98 Å². The summed E-state index contributed by atoms with van der Waals surface area (Å²) >= 11 is 6.95. The molecular weight excluding hydrogens is 495 g/mol. The molecule has 0 spiro atoms. The third-order valence-electron chi connectivity index (χ3n) is 2.92. The van der Waals surface area contributed by atoms with Gasteiger partial charge in [0.25, 0.3) is 0 Å². The van der Waals surface area contributed by atoms with Crippen molar-refractivity contribution < 1.29 is 0 Å². The first-order valence-corrected chi connectivity index (χ1v) is 9.20. The Morgan fingerprint density at radius 1 is 1.45 bits per heavy atom. The SMILES string of the molecule is CCc1nc(CNC(=NC)N(C)Cc2ccc(Br)s2)cs1.I. The molecule has 0 atom stereocenters. The Morgan fingerprint density at radius 3 is 2.77 bits per heavy atom. The molecule has 2 heterocycles. The van der Waals surface area contributed by atoms with Gasteiger partial charge in [-0.15, -0.1) is 46.7 Å². The molecule has 0 saturated heterocycles. The van der Waals surface area contributed by atoms with Crippen molar-refractivity contribution in [2.75, 3.05) is 14.1 Å². The molecule has 4 nitrogen and oxygen atoms in total. The van der Waals surface area contributed by atoms with Crippen molar-refractivity contribution in [3.8, 4) is 0 Å². The third kappa shape index (κ3) is 5.78. The topological polar surface area (TPSA) is 40.5 Å². The van der Waals surface area contributed by atoms with Gasteiger partial charge in [-0.05, 0) is 34.5 Å². The highest BCUT2D eigenvalue weighted by Crippen LogP contribution is 2.23. The quantitative estimate of drug-likeness (QED) is 0.366. The minimum atomic E-state index is 0. The van der Waals surface area contributed by atoms with Crippen molar-refractivity contribution in [3.63, 3.8) is 0 Å². The van der Waals surface area contributed by atoms with Gasteiger partial charge in [-0.2, -0.15) is 0 Å². The minimum Gasteiger partial charge on any atom is -0.351 e. The number of hydrogen-bond acceptors (Lipinski definition) is 4. The molecule has 2 rings (SSSR count). The smallest absolute Gasteiger partial charge is 0.194 e. The highest BCUT2D eigenvalue weighted by atomic mass is 127. The molecule has 0 saturated carbocycles. The summed E-state index contributed by atoms with van der Waals surface area (Å²) in [4.78, 5) is 12.3. The molecule has 0 aliphatic carbocycles. The number of thiophene rings is 1. The van der Waals surface area contributed by atoms with Gasteiger partial charge >= 0.3 is 0 Å². The molecule has 0 unspecified atom stereocenters. The van der Waals surface area contributed by atoms with Crippen LogP contribution in [0.1, 0.15) is 22.5 Å². The van der Waals surface area contributed by atoms with Crippen LogP contribution in [0.2, 0.25) is 0 Å². The lowest BCUT2D eigenvalue weighted by Gasteiger charge is -2.21.